The highest BCUT2D eigenvalue weighted by Crippen LogP contribution is 2.30. The van der Waals surface area contributed by atoms with Crippen LogP contribution < -0.4 is 9.47 Å². The molecule has 1 rings (SSSR count). The molecule has 1 unspecified atom stereocenters. The van der Waals surface area contributed by atoms with Crippen LogP contribution in [-0.2, 0) is 0 Å². The van der Waals surface area contributed by atoms with Gasteiger partial charge in [0.2, 0.25) is 0 Å². The number of ether oxygens (including phenoxy) is 2. The van der Waals surface area contributed by atoms with Crippen molar-refractivity contribution < 1.29 is 27.8 Å². The second kappa shape index (κ2) is 5.93. The van der Waals surface area contributed by atoms with E-state index < -0.39 is 23.8 Å². The first kappa shape index (κ1) is 16.7. The quantitative estimate of drug-likeness (QED) is 0.902. The minimum Gasteiger partial charge on any atom is -0.485 e. The molecule has 1 N–H and O–H groups in total. The standard InChI is InChI=1S/C13H13ClF3O3/c1-8(14)11(18)12(2,3)19-9-5-4-6-10(7-9)20-13(15,16)17/h1,4-7,11,18H,2-3H3. The van der Waals surface area contributed by atoms with Crippen LogP contribution >= 0.6 is 11.6 Å². The van der Waals surface area contributed by atoms with Crippen molar-refractivity contribution >= 4 is 11.6 Å². The van der Waals surface area contributed by atoms with E-state index in [1.165, 1.54) is 26.0 Å². The molecule has 0 heterocycles. The summed E-state index contributed by atoms with van der Waals surface area (Å²) in [5.41, 5.74) is -1.22. The van der Waals surface area contributed by atoms with Crippen LogP contribution in [-0.4, -0.2) is 23.2 Å². The van der Waals surface area contributed by atoms with Gasteiger partial charge in [-0.25, -0.2) is 0 Å². The summed E-state index contributed by atoms with van der Waals surface area (Å²) in [4.78, 5) is 0. The van der Waals surface area contributed by atoms with Crippen molar-refractivity contribution in [2.45, 2.75) is 31.9 Å². The summed E-state index contributed by atoms with van der Waals surface area (Å²) in [5, 5.41) is 9.46. The SMILES string of the molecule is [CH]=C(Cl)C(O)C(C)(C)Oc1cccc(OC(F)(F)F)c1. The lowest BCUT2D eigenvalue weighted by Crippen LogP contribution is -2.42. The van der Waals surface area contributed by atoms with Gasteiger partial charge in [0.1, 0.15) is 23.2 Å². The molecule has 111 valence electrons. The zero-order valence-corrected chi connectivity index (χ0v) is 11.5. The molecule has 1 aromatic carbocycles. The molecule has 0 spiro atoms. The van der Waals surface area contributed by atoms with E-state index in [-0.39, 0.29) is 10.8 Å². The lowest BCUT2D eigenvalue weighted by Gasteiger charge is -2.31. The Hall–Kier alpha value is -1.40. The zero-order valence-electron chi connectivity index (χ0n) is 10.7. The third kappa shape index (κ3) is 4.94. The number of benzene rings is 1. The van der Waals surface area contributed by atoms with Gasteiger partial charge in [-0.05, 0) is 32.6 Å². The third-order valence-electron chi connectivity index (χ3n) is 2.34. The fourth-order valence-electron chi connectivity index (χ4n) is 1.43. The molecule has 3 nitrogen and oxygen atoms in total. The minimum atomic E-state index is -4.79. The lowest BCUT2D eigenvalue weighted by atomic mass is 10.0. The van der Waals surface area contributed by atoms with E-state index in [1.54, 1.807) is 0 Å². The lowest BCUT2D eigenvalue weighted by molar-refractivity contribution is -0.274. The summed E-state index contributed by atoms with van der Waals surface area (Å²) in [6.45, 7) is 8.25. The van der Waals surface area contributed by atoms with Crippen LogP contribution in [0.3, 0.4) is 0 Å². The molecule has 0 saturated carbocycles. The van der Waals surface area contributed by atoms with Gasteiger partial charge in [-0.3, -0.25) is 0 Å². The Morgan fingerprint density at radius 1 is 1.25 bits per heavy atom. The molecular formula is C13H13ClF3O3. The van der Waals surface area contributed by atoms with Gasteiger partial charge in [0, 0.05) is 6.07 Å². The Morgan fingerprint density at radius 2 is 1.75 bits per heavy atom. The minimum absolute atomic E-state index is 0.0775. The normalized spacial score (nSPS) is 13.8. The van der Waals surface area contributed by atoms with Crippen molar-refractivity contribution in [3.8, 4) is 11.5 Å². The largest absolute Gasteiger partial charge is 0.573 e. The smallest absolute Gasteiger partial charge is 0.485 e. The van der Waals surface area contributed by atoms with E-state index in [4.69, 9.17) is 22.9 Å². The van der Waals surface area contributed by atoms with Crippen molar-refractivity contribution in [1.82, 2.24) is 0 Å². The average molecular weight is 310 g/mol. The maximum atomic E-state index is 12.1. The molecule has 1 radical (unpaired) electrons. The molecule has 0 fully saturated rings. The van der Waals surface area contributed by atoms with Crippen LogP contribution in [0.2, 0.25) is 0 Å². The Morgan fingerprint density at radius 3 is 2.20 bits per heavy atom. The first-order valence-electron chi connectivity index (χ1n) is 5.52. The Balaban J connectivity index is 2.88. The molecule has 0 amide bonds. The van der Waals surface area contributed by atoms with E-state index in [0.29, 0.717) is 0 Å². The zero-order chi connectivity index (χ0) is 15.6. The van der Waals surface area contributed by atoms with E-state index in [1.807, 2.05) is 0 Å². The van der Waals surface area contributed by atoms with E-state index in [0.717, 1.165) is 12.1 Å². The maximum Gasteiger partial charge on any atom is 0.573 e. The van der Waals surface area contributed by atoms with Crippen LogP contribution in [0.4, 0.5) is 13.2 Å². The second-order valence-corrected chi connectivity index (χ2v) is 4.95. The number of alkyl halides is 3. The van der Waals surface area contributed by atoms with Crippen molar-refractivity contribution in [2.75, 3.05) is 0 Å². The van der Waals surface area contributed by atoms with Crippen LogP contribution in [0.1, 0.15) is 13.8 Å². The first-order chi connectivity index (χ1) is 9.01. The average Bonchev–Trinajstić information content (AvgIpc) is 2.25. The van der Waals surface area contributed by atoms with Gasteiger partial charge in [-0.15, -0.1) is 13.2 Å². The second-order valence-electron chi connectivity index (χ2n) is 4.52. The third-order valence-corrected chi connectivity index (χ3v) is 2.55. The molecule has 0 saturated heterocycles. The molecular weight excluding hydrogens is 297 g/mol. The summed E-state index contributed by atoms with van der Waals surface area (Å²) in [6, 6.07) is 4.92. The molecule has 1 aromatic rings. The van der Waals surface area contributed by atoms with Gasteiger partial charge in [-0.1, -0.05) is 17.7 Å². The van der Waals surface area contributed by atoms with E-state index in [2.05, 4.69) is 4.74 Å². The molecule has 0 aliphatic rings. The predicted octanol–water partition coefficient (Wildman–Crippen LogP) is 3.66. The highest BCUT2D eigenvalue weighted by atomic mass is 35.5. The Bertz CT molecular complexity index is 486. The van der Waals surface area contributed by atoms with Crippen LogP contribution in [0, 0.1) is 6.58 Å². The first-order valence-corrected chi connectivity index (χ1v) is 5.90. The number of hydrogen-bond donors (Lipinski definition) is 1. The van der Waals surface area contributed by atoms with Crippen molar-refractivity contribution in [1.29, 1.82) is 0 Å². The van der Waals surface area contributed by atoms with Gasteiger partial charge < -0.3 is 14.6 Å². The fraction of sp³-hybridized carbons (Fsp3) is 0.385. The summed E-state index contributed by atoms with van der Waals surface area (Å²) in [7, 11) is 0. The topological polar surface area (TPSA) is 38.7 Å². The highest BCUT2D eigenvalue weighted by Gasteiger charge is 2.33. The van der Waals surface area contributed by atoms with Gasteiger partial charge in [0.15, 0.2) is 0 Å². The summed E-state index contributed by atoms with van der Waals surface area (Å²) in [6.07, 6.45) is -6.08. The van der Waals surface area contributed by atoms with Crippen molar-refractivity contribution in [2.24, 2.45) is 0 Å². The van der Waals surface area contributed by atoms with E-state index in [9.17, 15) is 18.3 Å². The summed E-state index contributed by atoms with van der Waals surface area (Å²) >= 11 is 5.49. The van der Waals surface area contributed by atoms with Crippen molar-refractivity contribution in [3.05, 3.63) is 35.9 Å². The van der Waals surface area contributed by atoms with Crippen LogP contribution in [0.5, 0.6) is 11.5 Å². The summed E-state index contributed by atoms with van der Waals surface area (Å²) < 4.78 is 45.5. The number of aliphatic hydroxyl groups excluding tert-OH is 1. The molecule has 7 heteroatoms. The van der Waals surface area contributed by atoms with Gasteiger partial charge in [0.05, 0.1) is 5.03 Å². The molecule has 20 heavy (non-hydrogen) atoms. The predicted molar refractivity (Wildman–Crippen MR) is 67.5 cm³/mol. The summed E-state index contributed by atoms with van der Waals surface area (Å²) in [5.74, 6) is -0.350. The van der Waals surface area contributed by atoms with Crippen molar-refractivity contribution in [3.63, 3.8) is 0 Å². The van der Waals surface area contributed by atoms with Crippen LogP contribution in [0.25, 0.3) is 0 Å². The Kier molecular flexibility index (Phi) is 4.94. The monoisotopic (exact) mass is 309 g/mol. The molecule has 0 aromatic heterocycles. The molecule has 0 bridgehead atoms. The maximum absolute atomic E-state index is 12.1. The number of halogens is 4. The van der Waals surface area contributed by atoms with Gasteiger partial charge >= 0.3 is 6.36 Å². The van der Waals surface area contributed by atoms with Gasteiger partial charge in [-0.2, -0.15) is 0 Å². The molecule has 1 atom stereocenters. The fourth-order valence-corrected chi connectivity index (χ4v) is 1.69. The van der Waals surface area contributed by atoms with Crippen LogP contribution in [0.15, 0.2) is 29.3 Å². The van der Waals surface area contributed by atoms with Gasteiger partial charge in [0.25, 0.3) is 0 Å². The number of rotatable bonds is 5. The number of aliphatic hydroxyl groups is 1. The Labute approximate surface area is 119 Å². The van der Waals surface area contributed by atoms with E-state index >= 15 is 0 Å². The molecule has 0 aliphatic carbocycles. The molecule has 0 aliphatic heterocycles. The highest BCUT2D eigenvalue weighted by molar-refractivity contribution is 6.29. The number of hydrogen-bond acceptors (Lipinski definition) is 3.